The summed E-state index contributed by atoms with van der Waals surface area (Å²) < 4.78 is 0. The van der Waals surface area contributed by atoms with Crippen LogP contribution in [0.4, 0.5) is 0 Å². The number of likely N-dealkylation sites (tertiary alicyclic amines) is 1. The van der Waals surface area contributed by atoms with Crippen LogP contribution in [0, 0.1) is 0 Å². The van der Waals surface area contributed by atoms with Gasteiger partial charge in [-0.05, 0) is 19.4 Å². The Morgan fingerprint density at radius 3 is 2.64 bits per heavy atom. The van der Waals surface area contributed by atoms with E-state index in [4.69, 9.17) is 5.11 Å². The molecule has 1 aliphatic heterocycles. The monoisotopic (exact) mass is 203 g/mol. The largest absolute Gasteiger partial charge is 0.396 e. The van der Waals surface area contributed by atoms with Gasteiger partial charge in [0.2, 0.25) is 0 Å². The second kappa shape index (κ2) is 5.66. The molecule has 3 atom stereocenters. The summed E-state index contributed by atoms with van der Waals surface area (Å²) >= 11 is 0. The minimum atomic E-state index is -0.695. The fraction of sp³-hybridized carbons (Fsp3) is 1.00. The third-order valence-corrected chi connectivity index (χ3v) is 2.90. The Balaban J connectivity index is 2.46. The first-order valence-corrected chi connectivity index (χ1v) is 5.41. The lowest BCUT2D eigenvalue weighted by molar-refractivity contribution is 0.0315. The van der Waals surface area contributed by atoms with Crippen molar-refractivity contribution in [1.29, 1.82) is 0 Å². The first kappa shape index (κ1) is 11.9. The predicted octanol–water partition coefficient (Wildman–Crippen LogP) is -0.425. The van der Waals surface area contributed by atoms with Gasteiger partial charge in [-0.25, -0.2) is 0 Å². The van der Waals surface area contributed by atoms with Gasteiger partial charge in [-0.3, -0.25) is 4.90 Å². The Bertz CT molecular complexity index is 165. The number of hydrogen-bond donors (Lipinski definition) is 3. The zero-order valence-electron chi connectivity index (χ0n) is 8.76. The molecule has 0 unspecified atom stereocenters. The van der Waals surface area contributed by atoms with Gasteiger partial charge in [0.05, 0.1) is 12.2 Å². The molecule has 3 N–H and O–H groups in total. The molecule has 84 valence electrons. The lowest BCUT2D eigenvalue weighted by atomic mass is 10.1. The number of β-amino-alcohol motifs (C(OH)–C–C–N with tert-alkyl or cyclic N) is 1. The lowest BCUT2D eigenvalue weighted by Gasteiger charge is -2.24. The van der Waals surface area contributed by atoms with Gasteiger partial charge < -0.3 is 15.3 Å². The average Bonchev–Trinajstić information content (AvgIpc) is 2.43. The van der Waals surface area contributed by atoms with Gasteiger partial charge in [-0.15, -0.1) is 0 Å². The van der Waals surface area contributed by atoms with Gasteiger partial charge in [0.25, 0.3) is 0 Å². The second-order valence-corrected chi connectivity index (χ2v) is 3.99. The van der Waals surface area contributed by atoms with Crippen molar-refractivity contribution in [2.75, 3.05) is 19.7 Å². The summed E-state index contributed by atoms with van der Waals surface area (Å²) in [5.41, 5.74) is 0. The van der Waals surface area contributed by atoms with E-state index in [9.17, 15) is 10.2 Å². The summed E-state index contributed by atoms with van der Waals surface area (Å²) in [6.07, 6.45) is 1.38. The number of aliphatic hydroxyl groups excluding tert-OH is 3. The fourth-order valence-electron chi connectivity index (χ4n) is 2.06. The number of unbranched alkanes of at least 4 members (excludes halogenated alkanes) is 1. The summed E-state index contributed by atoms with van der Waals surface area (Å²) in [5, 5.41) is 28.0. The van der Waals surface area contributed by atoms with Gasteiger partial charge in [0.1, 0.15) is 0 Å². The van der Waals surface area contributed by atoms with Crippen molar-refractivity contribution in [3.8, 4) is 0 Å². The van der Waals surface area contributed by atoms with E-state index in [1.54, 1.807) is 0 Å². The maximum absolute atomic E-state index is 9.66. The highest BCUT2D eigenvalue weighted by Gasteiger charge is 2.38. The summed E-state index contributed by atoms with van der Waals surface area (Å²) in [7, 11) is 0. The highest BCUT2D eigenvalue weighted by atomic mass is 16.3. The third kappa shape index (κ3) is 2.67. The summed E-state index contributed by atoms with van der Waals surface area (Å²) in [6.45, 7) is 3.61. The van der Waals surface area contributed by atoms with Crippen molar-refractivity contribution >= 4 is 0 Å². The molecule has 4 nitrogen and oxygen atoms in total. The van der Waals surface area contributed by atoms with Crippen LogP contribution in [0.2, 0.25) is 0 Å². The zero-order valence-corrected chi connectivity index (χ0v) is 8.76. The van der Waals surface area contributed by atoms with E-state index >= 15 is 0 Å². The van der Waals surface area contributed by atoms with Crippen LogP contribution in [0.15, 0.2) is 0 Å². The van der Waals surface area contributed by atoms with Crippen LogP contribution in [0.3, 0.4) is 0 Å². The Morgan fingerprint density at radius 2 is 2.07 bits per heavy atom. The Labute approximate surface area is 85.2 Å². The van der Waals surface area contributed by atoms with E-state index in [1.807, 2.05) is 0 Å². The summed E-state index contributed by atoms with van der Waals surface area (Å²) in [5.74, 6) is 0. The molecule has 1 rings (SSSR count). The van der Waals surface area contributed by atoms with Crippen LogP contribution in [-0.2, 0) is 0 Å². The predicted molar refractivity (Wildman–Crippen MR) is 54.0 cm³/mol. The maximum atomic E-state index is 9.66. The standard InChI is InChI=1S/C10H21NO3/c1-2-3-5-11-7-9(13)10(14)8(11)4-6-12/h8-10,12-14H,2-7H2,1H3/t8-,9+,10-/m1/s1. The maximum Gasteiger partial charge on any atom is 0.0967 e. The number of rotatable bonds is 5. The van der Waals surface area contributed by atoms with Crippen LogP contribution >= 0.6 is 0 Å². The smallest absolute Gasteiger partial charge is 0.0967 e. The van der Waals surface area contributed by atoms with E-state index in [-0.39, 0.29) is 12.6 Å². The molecule has 0 bridgehead atoms. The molecule has 1 fully saturated rings. The van der Waals surface area contributed by atoms with Crippen molar-refractivity contribution in [3.05, 3.63) is 0 Å². The van der Waals surface area contributed by atoms with Crippen molar-refractivity contribution in [1.82, 2.24) is 4.90 Å². The van der Waals surface area contributed by atoms with Gasteiger partial charge in [-0.1, -0.05) is 13.3 Å². The molecular formula is C10H21NO3. The molecule has 0 radical (unpaired) electrons. The van der Waals surface area contributed by atoms with Crippen LogP contribution < -0.4 is 0 Å². The van der Waals surface area contributed by atoms with Crippen molar-refractivity contribution in [2.45, 2.75) is 44.4 Å². The third-order valence-electron chi connectivity index (χ3n) is 2.90. The molecule has 1 heterocycles. The van der Waals surface area contributed by atoms with Crippen molar-refractivity contribution < 1.29 is 15.3 Å². The SMILES string of the molecule is CCCCN1C[C@H](O)[C@H](O)[C@H]1CCO. The van der Waals surface area contributed by atoms with Gasteiger partial charge in [0.15, 0.2) is 0 Å². The number of nitrogens with zero attached hydrogens (tertiary/aromatic N) is 1. The highest BCUT2D eigenvalue weighted by molar-refractivity contribution is 4.92. The van der Waals surface area contributed by atoms with E-state index in [0.717, 1.165) is 19.4 Å². The number of aliphatic hydroxyl groups is 3. The second-order valence-electron chi connectivity index (χ2n) is 3.99. The first-order valence-electron chi connectivity index (χ1n) is 5.41. The molecule has 1 saturated heterocycles. The fourth-order valence-corrected chi connectivity index (χ4v) is 2.06. The molecule has 0 aliphatic carbocycles. The van der Waals surface area contributed by atoms with Crippen LogP contribution in [0.5, 0.6) is 0 Å². The van der Waals surface area contributed by atoms with E-state index < -0.39 is 12.2 Å². The Hall–Kier alpha value is -0.160. The summed E-state index contributed by atoms with van der Waals surface area (Å²) in [6, 6.07) is -0.0680. The molecule has 0 aromatic carbocycles. The minimum absolute atomic E-state index is 0.0665. The molecule has 0 spiro atoms. The van der Waals surface area contributed by atoms with E-state index in [2.05, 4.69) is 11.8 Å². The lowest BCUT2D eigenvalue weighted by Crippen LogP contribution is -2.37. The quantitative estimate of drug-likeness (QED) is 0.567. The van der Waals surface area contributed by atoms with E-state index in [1.165, 1.54) is 0 Å². The van der Waals surface area contributed by atoms with Gasteiger partial charge in [-0.2, -0.15) is 0 Å². The molecule has 0 aromatic rings. The van der Waals surface area contributed by atoms with Crippen molar-refractivity contribution in [3.63, 3.8) is 0 Å². The molecule has 0 aromatic heterocycles. The molecule has 0 amide bonds. The molecule has 4 heteroatoms. The Kier molecular flexibility index (Phi) is 4.81. The topological polar surface area (TPSA) is 63.9 Å². The van der Waals surface area contributed by atoms with Crippen molar-refractivity contribution in [2.24, 2.45) is 0 Å². The number of hydrogen-bond acceptors (Lipinski definition) is 4. The minimum Gasteiger partial charge on any atom is -0.396 e. The first-order chi connectivity index (χ1) is 6.70. The average molecular weight is 203 g/mol. The van der Waals surface area contributed by atoms with Gasteiger partial charge >= 0.3 is 0 Å². The molecule has 14 heavy (non-hydrogen) atoms. The van der Waals surface area contributed by atoms with E-state index in [0.29, 0.717) is 13.0 Å². The van der Waals surface area contributed by atoms with Crippen LogP contribution in [0.1, 0.15) is 26.2 Å². The van der Waals surface area contributed by atoms with Crippen LogP contribution in [-0.4, -0.2) is 58.2 Å². The zero-order chi connectivity index (χ0) is 10.6. The highest BCUT2D eigenvalue weighted by Crippen LogP contribution is 2.21. The normalized spacial score (nSPS) is 33.9. The van der Waals surface area contributed by atoms with Crippen LogP contribution in [0.25, 0.3) is 0 Å². The van der Waals surface area contributed by atoms with Gasteiger partial charge in [0, 0.05) is 19.2 Å². The molecular weight excluding hydrogens is 182 g/mol. The molecule has 1 aliphatic rings. The molecule has 0 saturated carbocycles. The Morgan fingerprint density at radius 1 is 1.36 bits per heavy atom. The summed E-state index contributed by atoms with van der Waals surface area (Å²) in [4.78, 5) is 2.08.